The topological polar surface area (TPSA) is 61.8 Å². The smallest absolute Gasteiger partial charge is 0.0483 e. The minimum atomic E-state index is -0.811. The van der Waals surface area contributed by atoms with E-state index in [0.717, 1.165) is 0 Å². The van der Waals surface area contributed by atoms with Gasteiger partial charge in [-0.2, -0.15) is 0 Å². The Labute approximate surface area is 65.6 Å². The van der Waals surface area contributed by atoms with E-state index in [0.29, 0.717) is 10.5 Å². The molecule has 0 aromatic rings. The molecule has 5 nitrogen and oxygen atoms in total. The van der Waals surface area contributed by atoms with E-state index in [4.69, 9.17) is 0 Å². The van der Waals surface area contributed by atoms with Gasteiger partial charge in [-0.1, -0.05) is 0 Å². The predicted molar refractivity (Wildman–Crippen MR) is 39.7 cm³/mol. The molecule has 1 aliphatic heterocycles. The van der Waals surface area contributed by atoms with Crippen LogP contribution in [0.3, 0.4) is 0 Å². The average Bonchev–Trinajstić information content (AvgIpc) is 1.95. The van der Waals surface area contributed by atoms with Crippen LogP contribution in [0.15, 0.2) is 0 Å². The molecule has 0 atom stereocenters. The van der Waals surface area contributed by atoms with E-state index in [1.807, 2.05) is 0 Å². The van der Waals surface area contributed by atoms with Gasteiger partial charge in [-0.15, -0.1) is 0 Å². The van der Waals surface area contributed by atoms with Gasteiger partial charge < -0.3 is 10.4 Å². The predicted octanol–water partition coefficient (Wildman–Crippen LogP) is 1.00. The number of nitrogens with zero attached hydrogens (tertiary/aromatic N) is 2. The van der Waals surface area contributed by atoms with Crippen LogP contribution in [0.1, 0.15) is 27.7 Å². The summed E-state index contributed by atoms with van der Waals surface area (Å²) in [6.45, 7) is 6.66. The number of hydrogen-bond acceptors (Lipinski definition) is 5. The van der Waals surface area contributed by atoms with Crippen LogP contribution in [0.5, 0.6) is 0 Å². The van der Waals surface area contributed by atoms with Gasteiger partial charge in [0.05, 0.1) is 0 Å². The summed E-state index contributed by atoms with van der Waals surface area (Å²) in [5, 5.41) is 22.6. The lowest BCUT2D eigenvalue weighted by Crippen LogP contribution is -2.51. The standard InChI is InChI=1S/C6H12N2O3/c1-5(2)6(3,4)8(10)11-7(5)9/h1-4H3/q-2. The van der Waals surface area contributed by atoms with Crippen LogP contribution >= 0.6 is 0 Å². The Kier molecular flexibility index (Phi) is 1.74. The second kappa shape index (κ2) is 2.15. The summed E-state index contributed by atoms with van der Waals surface area (Å²) in [5.41, 5.74) is -1.62. The molecule has 0 spiro atoms. The monoisotopic (exact) mass is 160 g/mol. The molecular weight excluding hydrogens is 148 g/mol. The Morgan fingerprint density at radius 2 is 1.18 bits per heavy atom. The van der Waals surface area contributed by atoms with Crippen molar-refractivity contribution in [3.63, 3.8) is 0 Å². The molecule has 0 saturated carbocycles. The highest BCUT2D eigenvalue weighted by Crippen LogP contribution is 2.38. The third kappa shape index (κ3) is 0.969. The minimum Gasteiger partial charge on any atom is -0.760 e. The van der Waals surface area contributed by atoms with Gasteiger partial charge in [0.1, 0.15) is 0 Å². The molecule has 1 heterocycles. The molecule has 66 valence electrons. The van der Waals surface area contributed by atoms with Crippen LogP contribution in [0, 0.1) is 10.4 Å². The lowest BCUT2D eigenvalue weighted by Gasteiger charge is -2.42. The van der Waals surface area contributed by atoms with E-state index < -0.39 is 11.1 Å². The van der Waals surface area contributed by atoms with Crippen LogP contribution < -0.4 is 0 Å². The van der Waals surface area contributed by atoms with Gasteiger partial charge in [-0.05, 0) is 27.7 Å². The zero-order chi connectivity index (χ0) is 8.86. The van der Waals surface area contributed by atoms with E-state index in [2.05, 4.69) is 4.94 Å². The molecule has 0 amide bonds. The highest BCUT2D eigenvalue weighted by atomic mass is 17.1. The molecule has 1 fully saturated rings. The minimum absolute atomic E-state index is 0.333. The van der Waals surface area contributed by atoms with Crippen molar-refractivity contribution in [2.45, 2.75) is 38.8 Å². The maximum absolute atomic E-state index is 11.0. The molecule has 0 radical (unpaired) electrons. The van der Waals surface area contributed by atoms with Crippen molar-refractivity contribution in [1.29, 1.82) is 0 Å². The Bertz CT molecular complexity index is 151. The summed E-state index contributed by atoms with van der Waals surface area (Å²) in [7, 11) is 0. The molecule has 0 unspecified atom stereocenters. The Morgan fingerprint density at radius 1 is 0.909 bits per heavy atom. The first-order valence-electron chi connectivity index (χ1n) is 3.43. The Hall–Kier alpha value is -0.200. The largest absolute Gasteiger partial charge is 0.760 e. The van der Waals surface area contributed by atoms with Crippen molar-refractivity contribution in [3.05, 3.63) is 10.4 Å². The maximum Gasteiger partial charge on any atom is 0.0483 e. The number of rotatable bonds is 0. The van der Waals surface area contributed by atoms with Gasteiger partial charge in [-0.25, -0.2) is 15.4 Å². The fraction of sp³-hybridized carbons (Fsp3) is 1.00. The second-order valence-corrected chi connectivity index (χ2v) is 3.71. The van der Waals surface area contributed by atoms with Crippen LogP contribution in [-0.4, -0.2) is 21.5 Å². The molecule has 1 rings (SSSR count). The van der Waals surface area contributed by atoms with Crippen LogP contribution in [0.4, 0.5) is 0 Å². The molecule has 0 bridgehead atoms. The zero-order valence-corrected chi connectivity index (χ0v) is 7.12. The van der Waals surface area contributed by atoms with E-state index in [9.17, 15) is 10.4 Å². The van der Waals surface area contributed by atoms with Crippen molar-refractivity contribution in [2.75, 3.05) is 0 Å². The number of hydrogen-bond donors (Lipinski definition) is 0. The van der Waals surface area contributed by atoms with Crippen molar-refractivity contribution < 1.29 is 4.94 Å². The molecule has 1 saturated heterocycles. The fourth-order valence-electron chi connectivity index (χ4n) is 0.718. The summed E-state index contributed by atoms with van der Waals surface area (Å²) in [4.78, 5) is 4.35. The Morgan fingerprint density at radius 3 is 1.27 bits per heavy atom. The van der Waals surface area contributed by atoms with Gasteiger partial charge in [0.25, 0.3) is 0 Å². The van der Waals surface area contributed by atoms with Gasteiger partial charge >= 0.3 is 0 Å². The summed E-state index contributed by atoms with van der Waals surface area (Å²) in [5.74, 6) is 0. The summed E-state index contributed by atoms with van der Waals surface area (Å²) in [6.07, 6.45) is 0. The molecule has 5 heteroatoms. The van der Waals surface area contributed by atoms with Crippen molar-refractivity contribution in [1.82, 2.24) is 10.5 Å². The van der Waals surface area contributed by atoms with Crippen molar-refractivity contribution in [2.24, 2.45) is 0 Å². The van der Waals surface area contributed by atoms with Gasteiger partial charge in [0.2, 0.25) is 0 Å². The molecule has 11 heavy (non-hydrogen) atoms. The molecular formula is C6H12N2O3-2. The quantitative estimate of drug-likeness (QED) is 0.529. The zero-order valence-electron chi connectivity index (χ0n) is 7.12. The SMILES string of the molecule is CC1(C)N([O-])ON([O-])C1(C)C. The van der Waals surface area contributed by atoms with Crippen molar-refractivity contribution in [3.8, 4) is 0 Å². The lowest BCUT2D eigenvalue weighted by atomic mass is 9.84. The molecule has 0 aromatic heterocycles. The molecule has 0 aromatic carbocycles. The normalized spacial score (nSPS) is 31.1. The van der Waals surface area contributed by atoms with Gasteiger partial charge in [-0.3, -0.25) is 0 Å². The van der Waals surface area contributed by atoms with Gasteiger partial charge in [0, 0.05) is 11.1 Å². The van der Waals surface area contributed by atoms with Gasteiger partial charge in [0.15, 0.2) is 0 Å². The fourth-order valence-corrected chi connectivity index (χ4v) is 0.718. The summed E-state index contributed by atoms with van der Waals surface area (Å²) >= 11 is 0. The van der Waals surface area contributed by atoms with E-state index in [1.54, 1.807) is 27.7 Å². The maximum atomic E-state index is 11.0. The van der Waals surface area contributed by atoms with Crippen LogP contribution in [0.25, 0.3) is 0 Å². The van der Waals surface area contributed by atoms with E-state index >= 15 is 0 Å². The third-order valence-electron chi connectivity index (χ3n) is 2.56. The number of hydroxylamine groups is 4. The first-order valence-corrected chi connectivity index (χ1v) is 3.43. The third-order valence-corrected chi connectivity index (χ3v) is 2.56. The lowest BCUT2D eigenvalue weighted by molar-refractivity contribution is -0.246. The molecule has 1 aliphatic rings. The highest BCUT2D eigenvalue weighted by Gasteiger charge is 2.46. The first-order chi connectivity index (χ1) is 4.80. The average molecular weight is 160 g/mol. The molecule has 0 aliphatic carbocycles. The first kappa shape index (κ1) is 8.89. The van der Waals surface area contributed by atoms with Crippen LogP contribution in [0.2, 0.25) is 0 Å². The van der Waals surface area contributed by atoms with E-state index in [1.165, 1.54) is 0 Å². The van der Waals surface area contributed by atoms with E-state index in [-0.39, 0.29) is 0 Å². The molecule has 0 N–H and O–H groups in total. The highest BCUT2D eigenvalue weighted by molar-refractivity contribution is 5.02. The Balaban J connectivity index is 2.95. The second-order valence-electron chi connectivity index (χ2n) is 3.71. The summed E-state index contributed by atoms with van der Waals surface area (Å²) in [6, 6.07) is 0. The van der Waals surface area contributed by atoms with Crippen LogP contribution in [-0.2, 0) is 4.94 Å². The van der Waals surface area contributed by atoms with Crippen molar-refractivity contribution >= 4 is 0 Å². The summed E-state index contributed by atoms with van der Waals surface area (Å²) < 4.78 is 0.